The number of fused-ring (bicyclic) bond motifs is 6. The maximum atomic E-state index is 4.88. The maximum Gasteiger partial charge on any atom is 0.109 e. The fourth-order valence-electron chi connectivity index (χ4n) is 4.03. The fraction of sp³-hybridized carbons (Fsp3) is 0.240. The number of benzene rings is 4. The van der Waals surface area contributed by atoms with E-state index in [1.807, 2.05) is 0 Å². The minimum atomic E-state index is 0.395. The average molecular weight is 352 g/mol. The Morgan fingerprint density at radius 1 is 0.667 bits per heavy atom. The van der Waals surface area contributed by atoms with Gasteiger partial charge in [-0.1, -0.05) is 64.1 Å². The highest BCUT2D eigenvalue weighted by Gasteiger charge is 2.11. The minimum Gasteiger partial charge on any atom is -0.342 e. The molecule has 4 aromatic carbocycles. The van der Waals surface area contributed by atoms with Gasteiger partial charge in [0.1, 0.15) is 5.82 Å². The standard InChI is InChI=1S/C25H24N2/c1-14(2)16-7-9-20-17(11-16)5-6-18-13-22-19(12-21(18)20)8-10-23-24(22)27-25(26-23)15(3)4/h5-15H,1-4H3,(H,26,27). The second-order valence-electron chi connectivity index (χ2n) is 8.23. The van der Waals surface area contributed by atoms with E-state index in [1.165, 1.54) is 37.9 Å². The summed E-state index contributed by atoms with van der Waals surface area (Å²) in [6.07, 6.45) is 0. The summed E-state index contributed by atoms with van der Waals surface area (Å²) in [5.74, 6) is 1.99. The van der Waals surface area contributed by atoms with Crippen molar-refractivity contribution in [1.29, 1.82) is 0 Å². The van der Waals surface area contributed by atoms with Gasteiger partial charge in [-0.3, -0.25) is 0 Å². The molecule has 0 radical (unpaired) electrons. The van der Waals surface area contributed by atoms with Crippen LogP contribution >= 0.6 is 0 Å². The Hall–Kier alpha value is -2.87. The van der Waals surface area contributed by atoms with E-state index < -0.39 is 0 Å². The Balaban J connectivity index is 1.82. The van der Waals surface area contributed by atoms with Crippen LogP contribution in [-0.2, 0) is 0 Å². The van der Waals surface area contributed by atoms with Crippen molar-refractivity contribution in [2.75, 3.05) is 0 Å². The Morgan fingerprint density at radius 2 is 1.33 bits per heavy atom. The van der Waals surface area contributed by atoms with Crippen LogP contribution in [0, 0.1) is 0 Å². The monoisotopic (exact) mass is 352 g/mol. The van der Waals surface area contributed by atoms with Crippen LogP contribution in [0.1, 0.15) is 50.9 Å². The van der Waals surface area contributed by atoms with Crippen LogP contribution in [0.25, 0.3) is 43.4 Å². The van der Waals surface area contributed by atoms with Gasteiger partial charge in [-0.15, -0.1) is 0 Å². The van der Waals surface area contributed by atoms with Crippen molar-refractivity contribution in [3.63, 3.8) is 0 Å². The van der Waals surface area contributed by atoms with E-state index >= 15 is 0 Å². The van der Waals surface area contributed by atoms with Gasteiger partial charge in [0.05, 0.1) is 11.0 Å². The van der Waals surface area contributed by atoms with E-state index in [2.05, 4.69) is 87.3 Å². The summed E-state index contributed by atoms with van der Waals surface area (Å²) in [6.45, 7) is 8.84. The summed E-state index contributed by atoms with van der Waals surface area (Å²) in [7, 11) is 0. The number of aromatic nitrogens is 2. The zero-order valence-electron chi connectivity index (χ0n) is 16.3. The van der Waals surface area contributed by atoms with Crippen LogP contribution in [0.4, 0.5) is 0 Å². The first-order chi connectivity index (χ1) is 13.0. The highest BCUT2D eigenvalue weighted by molar-refractivity contribution is 6.16. The van der Waals surface area contributed by atoms with Gasteiger partial charge in [-0.05, 0) is 56.6 Å². The summed E-state index contributed by atoms with van der Waals surface area (Å²) >= 11 is 0. The molecule has 5 aromatic rings. The Morgan fingerprint density at radius 3 is 2.07 bits per heavy atom. The van der Waals surface area contributed by atoms with Gasteiger partial charge in [-0.25, -0.2) is 4.98 Å². The van der Waals surface area contributed by atoms with E-state index in [1.54, 1.807) is 0 Å². The van der Waals surface area contributed by atoms with Gasteiger partial charge < -0.3 is 4.98 Å². The molecule has 27 heavy (non-hydrogen) atoms. The highest BCUT2D eigenvalue weighted by atomic mass is 14.9. The molecule has 0 aliphatic heterocycles. The largest absolute Gasteiger partial charge is 0.342 e. The molecule has 1 heterocycles. The van der Waals surface area contributed by atoms with E-state index in [0.717, 1.165) is 16.9 Å². The third-order valence-electron chi connectivity index (χ3n) is 5.68. The maximum absolute atomic E-state index is 4.88. The molecule has 2 nitrogen and oxygen atoms in total. The average Bonchev–Trinajstić information content (AvgIpc) is 3.11. The number of rotatable bonds is 2. The van der Waals surface area contributed by atoms with Crippen molar-refractivity contribution >= 4 is 43.4 Å². The van der Waals surface area contributed by atoms with Gasteiger partial charge in [0, 0.05) is 11.3 Å². The summed E-state index contributed by atoms with van der Waals surface area (Å²) < 4.78 is 0. The lowest BCUT2D eigenvalue weighted by atomic mass is 9.94. The lowest BCUT2D eigenvalue weighted by Gasteiger charge is -2.10. The first-order valence-electron chi connectivity index (χ1n) is 9.80. The van der Waals surface area contributed by atoms with E-state index in [-0.39, 0.29) is 0 Å². The molecule has 0 fully saturated rings. The first-order valence-corrected chi connectivity index (χ1v) is 9.80. The smallest absolute Gasteiger partial charge is 0.109 e. The third kappa shape index (κ3) is 2.51. The van der Waals surface area contributed by atoms with Crippen LogP contribution in [0.2, 0.25) is 0 Å². The lowest BCUT2D eigenvalue weighted by molar-refractivity contribution is 0.799. The van der Waals surface area contributed by atoms with Gasteiger partial charge in [0.15, 0.2) is 0 Å². The number of aromatic amines is 1. The van der Waals surface area contributed by atoms with Crippen molar-refractivity contribution in [3.8, 4) is 0 Å². The van der Waals surface area contributed by atoms with Crippen LogP contribution in [0.5, 0.6) is 0 Å². The highest BCUT2D eigenvalue weighted by Crippen LogP contribution is 2.34. The number of H-pyrrole nitrogens is 1. The molecule has 0 atom stereocenters. The van der Waals surface area contributed by atoms with Crippen LogP contribution in [0.15, 0.2) is 54.6 Å². The Labute approximate surface area is 159 Å². The normalized spacial score (nSPS) is 12.4. The van der Waals surface area contributed by atoms with E-state index in [9.17, 15) is 0 Å². The molecule has 0 amide bonds. The second-order valence-corrected chi connectivity index (χ2v) is 8.23. The van der Waals surface area contributed by atoms with Crippen molar-refractivity contribution < 1.29 is 0 Å². The van der Waals surface area contributed by atoms with Crippen molar-refractivity contribution in [1.82, 2.24) is 9.97 Å². The summed E-state index contributed by atoms with van der Waals surface area (Å²) in [5.41, 5.74) is 3.59. The number of nitrogens with zero attached hydrogens (tertiary/aromatic N) is 1. The van der Waals surface area contributed by atoms with Crippen molar-refractivity contribution in [3.05, 3.63) is 66.0 Å². The van der Waals surface area contributed by atoms with E-state index in [4.69, 9.17) is 4.98 Å². The minimum absolute atomic E-state index is 0.395. The van der Waals surface area contributed by atoms with Gasteiger partial charge in [0.25, 0.3) is 0 Å². The molecule has 0 saturated heterocycles. The fourth-order valence-corrected chi connectivity index (χ4v) is 4.03. The summed E-state index contributed by atoms with van der Waals surface area (Å²) in [4.78, 5) is 8.36. The molecule has 0 aliphatic carbocycles. The molecule has 0 unspecified atom stereocenters. The van der Waals surface area contributed by atoms with E-state index in [0.29, 0.717) is 11.8 Å². The van der Waals surface area contributed by atoms with Gasteiger partial charge in [-0.2, -0.15) is 0 Å². The molecule has 1 N–H and O–H groups in total. The molecule has 5 rings (SSSR count). The second kappa shape index (κ2) is 5.82. The van der Waals surface area contributed by atoms with Gasteiger partial charge >= 0.3 is 0 Å². The molecule has 0 saturated carbocycles. The van der Waals surface area contributed by atoms with Crippen LogP contribution in [0.3, 0.4) is 0 Å². The topological polar surface area (TPSA) is 28.7 Å². The summed E-state index contributed by atoms with van der Waals surface area (Å²) in [5, 5.41) is 7.70. The van der Waals surface area contributed by atoms with Crippen molar-refractivity contribution in [2.24, 2.45) is 0 Å². The first kappa shape index (κ1) is 16.3. The SMILES string of the molecule is CC(C)c1ccc2c(ccc3cc4c(ccc5[nH]c(C(C)C)nc54)cc32)c1. The molecule has 134 valence electrons. The molecule has 1 aromatic heterocycles. The number of hydrogen-bond donors (Lipinski definition) is 1. The molecule has 0 aliphatic rings. The Kier molecular flexibility index (Phi) is 3.51. The number of nitrogens with one attached hydrogen (secondary N) is 1. The Bertz CT molecular complexity index is 1320. The third-order valence-corrected chi connectivity index (χ3v) is 5.68. The van der Waals surface area contributed by atoms with Gasteiger partial charge in [0.2, 0.25) is 0 Å². The van der Waals surface area contributed by atoms with Crippen molar-refractivity contribution in [2.45, 2.75) is 39.5 Å². The quantitative estimate of drug-likeness (QED) is 0.263. The predicted molar refractivity (Wildman–Crippen MR) is 117 cm³/mol. The lowest BCUT2D eigenvalue weighted by Crippen LogP contribution is -1.88. The zero-order chi connectivity index (χ0) is 18.7. The number of hydrogen-bond acceptors (Lipinski definition) is 1. The molecule has 0 bridgehead atoms. The number of imidazole rings is 1. The molecule has 2 heteroatoms. The zero-order valence-corrected chi connectivity index (χ0v) is 16.3. The summed E-state index contributed by atoms with van der Waals surface area (Å²) in [6, 6.07) is 20.4. The predicted octanol–water partition coefficient (Wildman–Crippen LogP) is 7.27. The molecule has 0 spiro atoms. The molecular weight excluding hydrogens is 328 g/mol. The van der Waals surface area contributed by atoms with Crippen LogP contribution < -0.4 is 0 Å². The molecular formula is C25H24N2. The van der Waals surface area contributed by atoms with Crippen LogP contribution in [-0.4, -0.2) is 9.97 Å².